The standard InChI is InChI=1S/C16H21NO/c1-4-10-17(5-2)15-8-6-13-7-9-16(18-3)12-14(13)11-15/h1,7,9,12,15H,5-6,8,10-11H2,2-3H3/t15-/m0/s1. The van der Waals surface area contributed by atoms with E-state index in [2.05, 4.69) is 35.9 Å². The Hall–Kier alpha value is -1.46. The van der Waals surface area contributed by atoms with E-state index in [0.29, 0.717) is 6.04 Å². The summed E-state index contributed by atoms with van der Waals surface area (Å²) in [5, 5.41) is 0. The Balaban J connectivity index is 2.15. The van der Waals surface area contributed by atoms with Crippen LogP contribution < -0.4 is 4.74 Å². The molecule has 0 radical (unpaired) electrons. The summed E-state index contributed by atoms with van der Waals surface area (Å²) in [5.41, 5.74) is 2.88. The molecule has 0 N–H and O–H groups in total. The van der Waals surface area contributed by atoms with Gasteiger partial charge in [0.05, 0.1) is 13.7 Å². The first-order valence-electron chi connectivity index (χ1n) is 6.61. The lowest BCUT2D eigenvalue weighted by Crippen LogP contribution is -2.39. The van der Waals surface area contributed by atoms with Gasteiger partial charge in [-0.25, -0.2) is 0 Å². The molecule has 18 heavy (non-hydrogen) atoms. The third-order valence-corrected chi connectivity index (χ3v) is 3.83. The first kappa shape index (κ1) is 13.0. The van der Waals surface area contributed by atoms with Gasteiger partial charge in [-0.2, -0.15) is 0 Å². The van der Waals surface area contributed by atoms with E-state index in [1.807, 2.05) is 0 Å². The average molecular weight is 243 g/mol. The number of aryl methyl sites for hydroxylation is 1. The van der Waals surface area contributed by atoms with E-state index in [1.54, 1.807) is 7.11 Å². The molecule has 2 nitrogen and oxygen atoms in total. The Morgan fingerprint density at radius 1 is 1.44 bits per heavy atom. The number of fused-ring (bicyclic) bond motifs is 1. The molecule has 2 rings (SSSR count). The van der Waals surface area contributed by atoms with Crippen molar-refractivity contribution < 1.29 is 4.74 Å². The van der Waals surface area contributed by atoms with E-state index in [1.165, 1.54) is 17.5 Å². The molecule has 0 aliphatic heterocycles. The van der Waals surface area contributed by atoms with E-state index < -0.39 is 0 Å². The van der Waals surface area contributed by atoms with E-state index in [9.17, 15) is 0 Å². The van der Waals surface area contributed by atoms with Crippen LogP contribution in [0, 0.1) is 12.3 Å². The van der Waals surface area contributed by atoms with Gasteiger partial charge in [0.15, 0.2) is 0 Å². The fourth-order valence-electron chi connectivity index (χ4n) is 2.77. The Labute approximate surface area is 110 Å². The summed E-state index contributed by atoms with van der Waals surface area (Å²) in [6.45, 7) is 3.95. The van der Waals surface area contributed by atoms with E-state index in [4.69, 9.17) is 11.2 Å². The highest BCUT2D eigenvalue weighted by Gasteiger charge is 2.23. The predicted octanol–water partition coefficient (Wildman–Crippen LogP) is 2.51. The number of rotatable bonds is 4. The monoisotopic (exact) mass is 243 g/mol. The largest absolute Gasteiger partial charge is 0.497 e. The van der Waals surface area contributed by atoms with Crippen LogP contribution in [-0.4, -0.2) is 31.1 Å². The Morgan fingerprint density at radius 3 is 2.94 bits per heavy atom. The second-order valence-electron chi connectivity index (χ2n) is 4.80. The second kappa shape index (κ2) is 5.93. The van der Waals surface area contributed by atoms with Gasteiger partial charge in [0, 0.05) is 6.04 Å². The Bertz CT molecular complexity index is 447. The van der Waals surface area contributed by atoms with Crippen LogP contribution in [0.4, 0.5) is 0 Å². The van der Waals surface area contributed by atoms with Gasteiger partial charge in [0.1, 0.15) is 5.75 Å². The van der Waals surface area contributed by atoms with Crippen LogP contribution in [0.2, 0.25) is 0 Å². The van der Waals surface area contributed by atoms with Crippen molar-refractivity contribution in [2.75, 3.05) is 20.2 Å². The lowest BCUT2D eigenvalue weighted by atomic mass is 9.87. The minimum Gasteiger partial charge on any atom is -0.497 e. The van der Waals surface area contributed by atoms with Crippen molar-refractivity contribution in [1.29, 1.82) is 0 Å². The highest BCUT2D eigenvalue weighted by Crippen LogP contribution is 2.27. The number of methoxy groups -OCH3 is 1. The van der Waals surface area contributed by atoms with Gasteiger partial charge in [-0.05, 0) is 49.1 Å². The van der Waals surface area contributed by atoms with Crippen LogP contribution in [0.15, 0.2) is 18.2 Å². The molecule has 1 atom stereocenters. The predicted molar refractivity (Wildman–Crippen MR) is 74.9 cm³/mol. The molecule has 0 bridgehead atoms. The number of hydrogen-bond donors (Lipinski definition) is 0. The summed E-state index contributed by atoms with van der Waals surface area (Å²) in [6, 6.07) is 7.00. The van der Waals surface area contributed by atoms with Crippen molar-refractivity contribution in [3.8, 4) is 18.1 Å². The number of ether oxygens (including phenoxy) is 1. The van der Waals surface area contributed by atoms with Gasteiger partial charge in [-0.3, -0.25) is 4.90 Å². The minimum atomic E-state index is 0.575. The molecule has 96 valence electrons. The molecular weight excluding hydrogens is 222 g/mol. The molecule has 0 spiro atoms. The number of likely N-dealkylation sites (N-methyl/N-ethyl adjacent to an activating group) is 1. The Kier molecular flexibility index (Phi) is 4.28. The van der Waals surface area contributed by atoms with Crippen molar-refractivity contribution in [3.63, 3.8) is 0 Å². The van der Waals surface area contributed by atoms with Crippen molar-refractivity contribution in [3.05, 3.63) is 29.3 Å². The molecule has 1 aliphatic carbocycles. The van der Waals surface area contributed by atoms with Crippen LogP contribution in [0.3, 0.4) is 0 Å². The zero-order valence-electron chi connectivity index (χ0n) is 11.3. The molecule has 0 saturated carbocycles. The van der Waals surface area contributed by atoms with Gasteiger partial charge in [0.25, 0.3) is 0 Å². The lowest BCUT2D eigenvalue weighted by molar-refractivity contribution is 0.212. The quantitative estimate of drug-likeness (QED) is 0.753. The minimum absolute atomic E-state index is 0.575. The fourth-order valence-corrected chi connectivity index (χ4v) is 2.77. The molecule has 0 aromatic heterocycles. The van der Waals surface area contributed by atoms with E-state index >= 15 is 0 Å². The van der Waals surface area contributed by atoms with Crippen LogP contribution in [0.5, 0.6) is 5.75 Å². The summed E-state index contributed by atoms with van der Waals surface area (Å²) in [7, 11) is 1.72. The van der Waals surface area contributed by atoms with Crippen molar-refractivity contribution in [2.45, 2.75) is 32.2 Å². The van der Waals surface area contributed by atoms with Crippen molar-refractivity contribution in [2.24, 2.45) is 0 Å². The van der Waals surface area contributed by atoms with Gasteiger partial charge in [-0.15, -0.1) is 6.42 Å². The van der Waals surface area contributed by atoms with Gasteiger partial charge >= 0.3 is 0 Å². The lowest BCUT2D eigenvalue weighted by Gasteiger charge is -2.33. The number of nitrogens with zero attached hydrogens (tertiary/aromatic N) is 1. The van der Waals surface area contributed by atoms with Crippen LogP contribution in [0.25, 0.3) is 0 Å². The highest BCUT2D eigenvalue weighted by atomic mass is 16.5. The smallest absolute Gasteiger partial charge is 0.119 e. The second-order valence-corrected chi connectivity index (χ2v) is 4.80. The maximum atomic E-state index is 5.44. The third-order valence-electron chi connectivity index (χ3n) is 3.83. The first-order valence-corrected chi connectivity index (χ1v) is 6.61. The first-order chi connectivity index (χ1) is 8.78. The average Bonchev–Trinajstić information content (AvgIpc) is 2.43. The molecule has 2 heteroatoms. The van der Waals surface area contributed by atoms with Crippen molar-refractivity contribution >= 4 is 0 Å². The molecular formula is C16H21NO. The topological polar surface area (TPSA) is 12.5 Å². The Morgan fingerprint density at radius 2 is 2.28 bits per heavy atom. The number of benzene rings is 1. The van der Waals surface area contributed by atoms with Gasteiger partial charge < -0.3 is 4.74 Å². The summed E-state index contributed by atoms with van der Waals surface area (Å²) in [4.78, 5) is 2.39. The van der Waals surface area contributed by atoms with Gasteiger partial charge in [-0.1, -0.05) is 18.9 Å². The molecule has 0 fully saturated rings. The zero-order chi connectivity index (χ0) is 13.0. The summed E-state index contributed by atoms with van der Waals surface area (Å²) in [6.07, 6.45) is 8.87. The normalized spacial score (nSPS) is 18.2. The van der Waals surface area contributed by atoms with Crippen molar-refractivity contribution in [1.82, 2.24) is 4.90 Å². The maximum absolute atomic E-state index is 5.44. The summed E-state index contributed by atoms with van der Waals surface area (Å²) >= 11 is 0. The number of terminal acetylenes is 1. The summed E-state index contributed by atoms with van der Waals surface area (Å²) < 4.78 is 5.30. The SMILES string of the molecule is C#CCN(CC)[C@H]1CCc2ccc(OC)cc2C1. The molecule has 0 amide bonds. The van der Waals surface area contributed by atoms with Crippen LogP contribution in [0.1, 0.15) is 24.5 Å². The molecule has 1 aliphatic rings. The fraction of sp³-hybridized carbons (Fsp3) is 0.500. The molecule has 0 unspecified atom stereocenters. The van der Waals surface area contributed by atoms with E-state index in [0.717, 1.165) is 31.7 Å². The van der Waals surface area contributed by atoms with Crippen LogP contribution in [-0.2, 0) is 12.8 Å². The maximum Gasteiger partial charge on any atom is 0.119 e. The van der Waals surface area contributed by atoms with Crippen LogP contribution >= 0.6 is 0 Å². The number of hydrogen-bond acceptors (Lipinski definition) is 2. The van der Waals surface area contributed by atoms with E-state index in [-0.39, 0.29) is 0 Å². The molecule has 0 heterocycles. The summed E-state index contributed by atoms with van der Waals surface area (Å²) in [5.74, 6) is 3.72. The third kappa shape index (κ3) is 2.68. The highest BCUT2D eigenvalue weighted by molar-refractivity contribution is 5.38. The molecule has 1 aromatic carbocycles. The zero-order valence-corrected chi connectivity index (χ0v) is 11.3. The molecule has 1 aromatic rings. The van der Waals surface area contributed by atoms with Gasteiger partial charge in [0.2, 0.25) is 0 Å². The molecule has 0 saturated heterocycles.